The Morgan fingerprint density at radius 3 is 2.59 bits per heavy atom. The number of aromatic nitrogens is 3. The van der Waals surface area contributed by atoms with Crippen molar-refractivity contribution in [1.82, 2.24) is 14.8 Å². The van der Waals surface area contributed by atoms with E-state index in [1.165, 1.54) is 17.9 Å². The summed E-state index contributed by atoms with van der Waals surface area (Å²) >= 11 is 0. The Morgan fingerprint density at radius 1 is 1.24 bits per heavy atom. The lowest BCUT2D eigenvalue weighted by molar-refractivity contribution is 0.0958. The van der Waals surface area contributed by atoms with Crippen molar-refractivity contribution >= 4 is 11.6 Å². The topological polar surface area (TPSA) is 64.8 Å². The van der Waals surface area contributed by atoms with E-state index in [-0.39, 0.29) is 23.9 Å². The first-order valence-electron chi connectivity index (χ1n) is 5.15. The number of rotatable bonds is 4. The molecule has 5 nitrogen and oxygen atoms in total. The van der Waals surface area contributed by atoms with Gasteiger partial charge >= 0.3 is 0 Å². The zero-order valence-corrected chi connectivity index (χ0v) is 9.33. The summed E-state index contributed by atoms with van der Waals surface area (Å²) in [5.41, 5.74) is 0.595. The first kappa shape index (κ1) is 11.2. The summed E-state index contributed by atoms with van der Waals surface area (Å²) in [6.07, 6.45) is 1.27. The number of hydrogen-bond donors (Lipinski definition) is 0. The second kappa shape index (κ2) is 4.69. The van der Waals surface area contributed by atoms with E-state index in [0.29, 0.717) is 5.56 Å². The zero-order valence-electron chi connectivity index (χ0n) is 9.33. The number of carbonyl (C=O) groups excluding carboxylic acids is 2. The highest BCUT2D eigenvalue weighted by Gasteiger charge is 2.13. The molecule has 0 atom stereocenters. The van der Waals surface area contributed by atoms with Gasteiger partial charge in [0, 0.05) is 12.5 Å². The van der Waals surface area contributed by atoms with Gasteiger partial charge in [0.05, 0.1) is 0 Å². The van der Waals surface area contributed by atoms with Gasteiger partial charge in [-0.15, -0.1) is 0 Å². The average molecular weight is 229 g/mol. The molecule has 0 saturated carbocycles. The molecule has 0 saturated heterocycles. The molecule has 1 heterocycles. The standard InChI is InChI=1S/C12H11N3O2/c1-9(16)12-13-8-14-15(12)7-11(17)10-5-3-2-4-6-10/h2-6,8H,7H2,1H3. The molecular weight excluding hydrogens is 218 g/mol. The van der Waals surface area contributed by atoms with Crippen molar-refractivity contribution in [1.29, 1.82) is 0 Å². The molecule has 0 amide bonds. The molecule has 0 fully saturated rings. The van der Waals surface area contributed by atoms with E-state index in [1.54, 1.807) is 24.3 Å². The zero-order chi connectivity index (χ0) is 12.3. The second-order valence-electron chi connectivity index (χ2n) is 3.59. The fourth-order valence-corrected chi connectivity index (χ4v) is 1.50. The van der Waals surface area contributed by atoms with E-state index in [1.807, 2.05) is 6.07 Å². The molecule has 2 aromatic rings. The molecule has 17 heavy (non-hydrogen) atoms. The normalized spacial score (nSPS) is 10.2. The molecule has 0 aliphatic heterocycles. The molecule has 0 unspecified atom stereocenters. The average Bonchev–Trinajstić information content (AvgIpc) is 2.78. The predicted molar refractivity (Wildman–Crippen MR) is 60.8 cm³/mol. The molecule has 1 aromatic carbocycles. The van der Waals surface area contributed by atoms with Crippen LogP contribution in [0.3, 0.4) is 0 Å². The minimum atomic E-state index is -0.205. The maximum atomic E-state index is 11.9. The van der Waals surface area contributed by atoms with Crippen molar-refractivity contribution in [2.75, 3.05) is 0 Å². The van der Waals surface area contributed by atoms with Gasteiger partial charge in [-0.2, -0.15) is 5.10 Å². The summed E-state index contributed by atoms with van der Waals surface area (Å²) in [5.74, 6) is -0.101. The Kier molecular flexibility index (Phi) is 3.09. The van der Waals surface area contributed by atoms with E-state index in [4.69, 9.17) is 0 Å². The number of carbonyl (C=O) groups is 2. The second-order valence-corrected chi connectivity index (χ2v) is 3.59. The van der Waals surface area contributed by atoms with Gasteiger partial charge in [-0.1, -0.05) is 30.3 Å². The molecule has 0 aliphatic rings. The van der Waals surface area contributed by atoms with E-state index < -0.39 is 0 Å². The number of Topliss-reactive ketones (excluding diaryl/α,β-unsaturated/α-hetero) is 2. The lowest BCUT2D eigenvalue weighted by atomic mass is 10.1. The van der Waals surface area contributed by atoms with Crippen molar-refractivity contribution in [3.05, 3.63) is 48.0 Å². The van der Waals surface area contributed by atoms with Crippen molar-refractivity contribution in [2.24, 2.45) is 0 Å². The highest BCUT2D eigenvalue weighted by Crippen LogP contribution is 2.03. The Balaban J connectivity index is 2.19. The number of nitrogens with zero attached hydrogens (tertiary/aromatic N) is 3. The van der Waals surface area contributed by atoms with Gasteiger partial charge in [-0.25, -0.2) is 9.67 Å². The number of benzene rings is 1. The molecular formula is C12H11N3O2. The number of hydrogen-bond acceptors (Lipinski definition) is 4. The van der Waals surface area contributed by atoms with Crippen LogP contribution in [0.5, 0.6) is 0 Å². The Labute approximate surface area is 98.1 Å². The van der Waals surface area contributed by atoms with Crippen LogP contribution in [0, 0.1) is 0 Å². The van der Waals surface area contributed by atoms with Crippen LogP contribution in [-0.4, -0.2) is 26.3 Å². The highest BCUT2D eigenvalue weighted by atomic mass is 16.1. The lowest BCUT2D eigenvalue weighted by Gasteiger charge is -2.03. The summed E-state index contributed by atoms with van der Waals surface area (Å²) in [6.45, 7) is 1.42. The quantitative estimate of drug-likeness (QED) is 0.742. The molecule has 0 aliphatic carbocycles. The van der Waals surface area contributed by atoms with Crippen LogP contribution < -0.4 is 0 Å². The van der Waals surface area contributed by atoms with Crippen LogP contribution in [0.4, 0.5) is 0 Å². The highest BCUT2D eigenvalue weighted by molar-refractivity contribution is 5.96. The summed E-state index contributed by atoms with van der Waals surface area (Å²) in [5, 5.41) is 3.87. The molecule has 86 valence electrons. The Morgan fingerprint density at radius 2 is 1.94 bits per heavy atom. The van der Waals surface area contributed by atoms with Crippen LogP contribution in [0.2, 0.25) is 0 Å². The number of ketones is 2. The van der Waals surface area contributed by atoms with Gasteiger partial charge in [0.2, 0.25) is 0 Å². The van der Waals surface area contributed by atoms with E-state index >= 15 is 0 Å². The third kappa shape index (κ3) is 2.44. The first-order chi connectivity index (χ1) is 8.18. The van der Waals surface area contributed by atoms with Gasteiger partial charge < -0.3 is 0 Å². The van der Waals surface area contributed by atoms with Gasteiger partial charge in [0.1, 0.15) is 12.9 Å². The fourth-order valence-electron chi connectivity index (χ4n) is 1.50. The Hall–Kier alpha value is -2.30. The van der Waals surface area contributed by atoms with Crippen molar-refractivity contribution < 1.29 is 9.59 Å². The third-order valence-electron chi connectivity index (χ3n) is 2.32. The van der Waals surface area contributed by atoms with Crippen LogP contribution >= 0.6 is 0 Å². The van der Waals surface area contributed by atoms with Crippen LogP contribution in [0.25, 0.3) is 0 Å². The molecule has 2 rings (SSSR count). The van der Waals surface area contributed by atoms with Crippen molar-refractivity contribution in [3.63, 3.8) is 0 Å². The van der Waals surface area contributed by atoms with Gasteiger partial charge in [-0.05, 0) is 0 Å². The van der Waals surface area contributed by atoms with E-state index in [2.05, 4.69) is 10.1 Å². The molecule has 0 N–H and O–H groups in total. The predicted octanol–water partition coefficient (Wildman–Crippen LogP) is 1.36. The SMILES string of the molecule is CC(=O)c1ncnn1CC(=O)c1ccccc1. The monoisotopic (exact) mass is 229 g/mol. The summed E-state index contributed by atoms with van der Waals surface area (Å²) in [6, 6.07) is 8.88. The van der Waals surface area contributed by atoms with E-state index in [9.17, 15) is 9.59 Å². The van der Waals surface area contributed by atoms with Gasteiger partial charge in [0.15, 0.2) is 17.4 Å². The largest absolute Gasteiger partial charge is 0.292 e. The van der Waals surface area contributed by atoms with Crippen LogP contribution in [-0.2, 0) is 6.54 Å². The van der Waals surface area contributed by atoms with Gasteiger partial charge in [0.25, 0.3) is 0 Å². The Bertz CT molecular complexity index is 546. The molecule has 0 spiro atoms. The third-order valence-corrected chi connectivity index (χ3v) is 2.32. The maximum absolute atomic E-state index is 11.9. The van der Waals surface area contributed by atoms with Crippen molar-refractivity contribution in [2.45, 2.75) is 13.5 Å². The molecule has 0 radical (unpaired) electrons. The minimum absolute atomic E-state index is 0.0267. The molecule has 0 bridgehead atoms. The molecule has 5 heteroatoms. The van der Waals surface area contributed by atoms with Crippen LogP contribution in [0.1, 0.15) is 27.9 Å². The van der Waals surface area contributed by atoms with Crippen LogP contribution in [0.15, 0.2) is 36.7 Å². The summed E-state index contributed by atoms with van der Waals surface area (Å²) in [4.78, 5) is 26.9. The molecule has 1 aromatic heterocycles. The first-order valence-corrected chi connectivity index (χ1v) is 5.15. The van der Waals surface area contributed by atoms with Gasteiger partial charge in [-0.3, -0.25) is 9.59 Å². The maximum Gasteiger partial charge on any atom is 0.196 e. The van der Waals surface area contributed by atoms with Crippen molar-refractivity contribution in [3.8, 4) is 0 Å². The lowest BCUT2D eigenvalue weighted by Crippen LogP contribution is -2.16. The van der Waals surface area contributed by atoms with E-state index in [0.717, 1.165) is 0 Å². The minimum Gasteiger partial charge on any atom is -0.292 e. The fraction of sp³-hybridized carbons (Fsp3) is 0.167. The summed E-state index contributed by atoms with van der Waals surface area (Å²) in [7, 11) is 0. The summed E-state index contributed by atoms with van der Waals surface area (Å²) < 4.78 is 1.32. The smallest absolute Gasteiger partial charge is 0.196 e.